The molecule has 152 valence electrons. The second-order valence-corrected chi connectivity index (χ2v) is 7.26. The van der Waals surface area contributed by atoms with Crippen molar-refractivity contribution in [1.82, 2.24) is 24.9 Å². The summed E-state index contributed by atoms with van der Waals surface area (Å²) in [7, 11) is 0. The molecular weight excluding hydrogens is 380 g/mol. The standard InChI is InChI=1S/C18H20N6O5/c1-10(25)19-14-5-7-23(21-14)11-4-6-22(9-11)13-8-16(27)24(18(13)29)12-2-3-15(26)20-17(12)28/h5,7-8,11-12H,2-4,6,9H2,1H3,(H,19,21,25)(H,20,26,28). The molecule has 2 fully saturated rings. The van der Waals surface area contributed by atoms with Crippen LogP contribution in [0.2, 0.25) is 0 Å². The van der Waals surface area contributed by atoms with Crippen molar-refractivity contribution in [3.63, 3.8) is 0 Å². The predicted molar refractivity (Wildman–Crippen MR) is 97.9 cm³/mol. The lowest BCUT2D eigenvalue weighted by molar-refractivity contribution is -0.150. The topological polar surface area (TPSA) is 134 Å². The SMILES string of the molecule is CC(=O)Nc1ccn(C2CCN(C3=CC(=O)N(C4CCC(=O)NC4=O)C3=O)C2)n1. The molecule has 4 rings (SSSR count). The van der Waals surface area contributed by atoms with E-state index >= 15 is 0 Å². The van der Waals surface area contributed by atoms with Crippen molar-refractivity contribution in [1.29, 1.82) is 0 Å². The van der Waals surface area contributed by atoms with E-state index < -0.39 is 29.7 Å². The number of anilines is 1. The Hall–Kier alpha value is -3.50. The average Bonchev–Trinajstić information content (AvgIpc) is 3.35. The van der Waals surface area contributed by atoms with E-state index in [-0.39, 0.29) is 30.5 Å². The number of rotatable bonds is 4. The van der Waals surface area contributed by atoms with Crippen molar-refractivity contribution in [2.75, 3.05) is 18.4 Å². The van der Waals surface area contributed by atoms with Crippen molar-refractivity contribution < 1.29 is 24.0 Å². The summed E-state index contributed by atoms with van der Waals surface area (Å²) < 4.78 is 1.73. The van der Waals surface area contributed by atoms with E-state index in [1.807, 2.05) is 0 Å². The monoisotopic (exact) mass is 400 g/mol. The predicted octanol–water partition coefficient (Wildman–Crippen LogP) is -0.854. The van der Waals surface area contributed by atoms with E-state index in [1.165, 1.54) is 13.0 Å². The van der Waals surface area contributed by atoms with Crippen molar-refractivity contribution in [2.24, 2.45) is 0 Å². The maximum absolute atomic E-state index is 12.9. The summed E-state index contributed by atoms with van der Waals surface area (Å²) in [5, 5.41) is 9.11. The van der Waals surface area contributed by atoms with Crippen LogP contribution in [0, 0.1) is 0 Å². The maximum atomic E-state index is 12.9. The lowest BCUT2D eigenvalue weighted by Crippen LogP contribution is -2.54. The van der Waals surface area contributed by atoms with Gasteiger partial charge in [-0.1, -0.05) is 0 Å². The fourth-order valence-corrected chi connectivity index (χ4v) is 3.89. The first-order valence-corrected chi connectivity index (χ1v) is 9.34. The van der Waals surface area contributed by atoms with E-state index in [0.717, 1.165) is 4.90 Å². The summed E-state index contributed by atoms with van der Waals surface area (Å²) in [4.78, 5) is 62.6. The highest BCUT2D eigenvalue weighted by molar-refractivity contribution is 6.18. The molecule has 0 aromatic carbocycles. The Kier molecular flexibility index (Phi) is 4.65. The zero-order valence-electron chi connectivity index (χ0n) is 15.8. The van der Waals surface area contributed by atoms with Gasteiger partial charge in [0, 0.05) is 44.8 Å². The van der Waals surface area contributed by atoms with Gasteiger partial charge in [-0.3, -0.25) is 38.9 Å². The molecule has 5 amide bonds. The number of aromatic nitrogens is 2. The van der Waals surface area contributed by atoms with Crippen LogP contribution in [0.1, 0.15) is 32.2 Å². The summed E-state index contributed by atoms with van der Waals surface area (Å²) in [6.45, 7) is 2.42. The molecule has 0 spiro atoms. The van der Waals surface area contributed by atoms with Gasteiger partial charge in [-0.15, -0.1) is 0 Å². The molecule has 0 saturated carbocycles. The van der Waals surface area contributed by atoms with Gasteiger partial charge in [0.2, 0.25) is 17.7 Å². The Morgan fingerprint density at radius 2 is 2.03 bits per heavy atom. The number of amides is 5. The van der Waals surface area contributed by atoms with Crippen LogP contribution in [-0.2, 0) is 24.0 Å². The second-order valence-electron chi connectivity index (χ2n) is 7.26. The first-order valence-electron chi connectivity index (χ1n) is 9.34. The number of nitrogens with one attached hydrogen (secondary N) is 2. The van der Waals surface area contributed by atoms with Gasteiger partial charge in [-0.25, -0.2) is 0 Å². The molecule has 0 aliphatic carbocycles. The Morgan fingerprint density at radius 3 is 2.76 bits per heavy atom. The molecule has 0 radical (unpaired) electrons. The number of hydrogen-bond donors (Lipinski definition) is 2. The van der Waals surface area contributed by atoms with Crippen LogP contribution in [0.4, 0.5) is 5.82 Å². The molecule has 3 aliphatic heterocycles. The van der Waals surface area contributed by atoms with Gasteiger partial charge in [-0.05, 0) is 12.8 Å². The fourth-order valence-electron chi connectivity index (χ4n) is 3.89. The lowest BCUT2D eigenvalue weighted by atomic mass is 10.0. The summed E-state index contributed by atoms with van der Waals surface area (Å²) >= 11 is 0. The minimum absolute atomic E-state index is 0.0223. The zero-order chi connectivity index (χ0) is 20.7. The highest BCUT2D eigenvalue weighted by atomic mass is 16.2. The van der Waals surface area contributed by atoms with E-state index in [4.69, 9.17) is 0 Å². The summed E-state index contributed by atoms with van der Waals surface area (Å²) in [5.74, 6) is -1.86. The van der Waals surface area contributed by atoms with Crippen LogP contribution < -0.4 is 10.6 Å². The minimum Gasteiger partial charge on any atom is -0.365 e. The number of imide groups is 2. The van der Waals surface area contributed by atoms with Crippen LogP contribution in [0.5, 0.6) is 0 Å². The Labute approximate surface area is 165 Å². The number of hydrogen-bond acceptors (Lipinski definition) is 7. The third-order valence-corrected chi connectivity index (χ3v) is 5.25. The molecule has 2 atom stereocenters. The van der Waals surface area contributed by atoms with Gasteiger partial charge in [0.15, 0.2) is 5.82 Å². The number of carbonyl (C=O) groups is 5. The van der Waals surface area contributed by atoms with Crippen LogP contribution in [-0.4, -0.2) is 68.2 Å². The van der Waals surface area contributed by atoms with E-state index in [9.17, 15) is 24.0 Å². The molecule has 2 N–H and O–H groups in total. The molecule has 1 aromatic rings. The summed E-state index contributed by atoms with van der Waals surface area (Å²) in [6, 6.07) is 0.704. The largest absolute Gasteiger partial charge is 0.365 e. The molecular formula is C18H20N6O5. The van der Waals surface area contributed by atoms with Crippen molar-refractivity contribution in [3.8, 4) is 0 Å². The molecule has 0 bridgehead atoms. The molecule has 11 heteroatoms. The number of nitrogens with zero attached hydrogens (tertiary/aromatic N) is 4. The number of likely N-dealkylation sites (tertiary alicyclic amines) is 1. The highest BCUT2D eigenvalue weighted by Gasteiger charge is 2.44. The molecule has 2 unspecified atom stereocenters. The van der Waals surface area contributed by atoms with Crippen LogP contribution >= 0.6 is 0 Å². The lowest BCUT2D eigenvalue weighted by Gasteiger charge is -2.29. The van der Waals surface area contributed by atoms with E-state index in [1.54, 1.807) is 21.8 Å². The number of carbonyl (C=O) groups excluding carboxylic acids is 5. The van der Waals surface area contributed by atoms with Crippen LogP contribution in [0.15, 0.2) is 24.0 Å². The smallest absolute Gasteiger partial charge is 0.277 e. The van der Waals surface area contributed by atoms with Gasteiger partial charge in [0.05, 0.1) is 6.04 Å². The van der Waals surface area contributed by atoms with E-state index in [2.05, 4.69) is 15.7 Å². The van der Waals surface area contributed by atoms with Gasteiger partial charge in [0.25, 0.3) is 11.8 Å². The number of piperidine rings is 1. The van der Waals surface area contributed by atoms with Crippen molar-refractivity contribution in [3.05, 3.63) is 24.0 Å². The normalized spacial score (nSPS) is 24.8. The van der Waals surface area contributed by atoms with Gasteiger partial charge < -0.3 is 10.2 Å². The maximum Gasteiger partial charge on any atom is 0.277 e. The minimum atomic E-state index is -0.967. The zero-order valence-corrected chi connectivity index (χ0v) is 15.8. The third kappa shape index (κ3) is 3.50. The van der Waals surface area contributed by atoms with Gasteiger partial charge >= 0.3 is 0 Å². The molecule has 2 saturated heterocycles. The van der Waals surface area contributed by atoms with Crippen LogP contribution in [0.25, 0.3) is 0 Å². The Balaban J connectivity index is 1.44. The molecule has 1 aromatic heterocycles. The van der Waals surface area contributed by atoms with Crippen LogP contribution in [0.3, 0.4) is 0 Å². The Morgan fingerprint density at radius 1 is 1.24 bits per heavy atom. The Bertz CT molecular complexity index is 950. The highest BCUT2D eigenvalue weighted by Crippen LogP contribution is 2.29. The van der Waals surface area contributed by atoms with Gasteiger partial charge in [0.1, 0.15) is 11.7 Å². The molecule has 4 heterocycles. The third-order valence-electron chi connectivity index (χ3n) is 5.25. The average molecular weight is 400 g/mol. The van der Waals surface area contributed by atoms with E-state index in [0.29, 0.717) is 25.3 Å². The quantitative estimate of drug-likeness (QED) is 0.629. The fraction of sp³-hybridized carbons (Fsp3) is 0.444. The first kappa shape index (κ1) is 18.8. The van der Waals surface area contributed by atoms with Gasteiger partial charge in [-0.2, -0.15) is 5.10 Å². The van der Waals surface area contributed by atoms with Crippen molar-refractivity contribution >= 4 is 35.4 Å². The molecule has 3 aliphatic rings. The first-order chi connectivity index (χ1) is 13.8. The second kappa shape index (κ2) is 7.15. The molecule has 11 nitrogen and oxygen atoms in total. The summed E-state index contributed by atoms with van der Waals surface area (Å²) in [5.41, 5.74) is 0.247. The van der Waals surface area contributed by atoms with Crippen molar-refractivity contribution in [2.45, 2.75) is 38.3 Å². The summed E-state index contributed by atoms with van der Waals surface area (Å²) in [6.07, 6.45) is 3.93. The molecule has 29 heavy (non-hydrogen) atoms.